The molecule has 2 aromatic rings. The molecular weight excluding hydrogens is 306 g/mol. The van der Waals surface area contributed by atoms with Crippen LogP contribution in [0.3, 0.4) is 0 Å². The van der Waals surface area contributed by atoms with Crippen molar-refractivity contribution in [3.63, 3.8) is 0 Å². The Morgan fingerprint density at radius 3 is 2.79 bits per heavy atom. The highest BCUT2D eigenvalue weighted by atomic mass is 79.9. The van der Waals surface area contributed by atoms with Crippen LogP contribution in [-0.2, 0) is 0 Å². The largest absolute Gasteiger partial charge is 0.419 e. The van der Waals surface area contributed by atoms with Gasteiger partial charge >= 0.3 is 0 Å². The third-order valence-electron chi connectivity index (χ3n) is 3.03. The van der Waals surface area contributed by atoms with Gasteiger partial charge < -0.3 is 9.73 Å². The third-order valence-corrected chi connectivity index (χ3v) is 3.52. The van der Waals surface area contributed by atoms with Gasteiger partial charge in [-0.2, -0.15) is 0 Å². The lowest BCUT2D eigenvalue weighted by Crippen LogP contribution is -2.20. The monoisotopic (exact) mass is 323 g/mol. The van der Waals surface area contributed by atoms with Crippen molar-refractivity contribution in [2.75, 3.05) is 6.54 Å². The predicted octanol–water partition coefficient (Wildman–Crippen LogP) is 3.87. The van der Waals surface area contributed by atoms with Crippen molar-refractivity contribution in [2.45, 2.75) is 33.2 Å². The van der Waals surface area contributed by atoms with E-state index in [-0.39, 0.29) is 6.04 Å². The fourth-order valence-electron chi connectivity index (χ4n) is 1.96. The van der Waals surface area contributed by atoms with E-state index in [1.165, 1.54) is 0 Å². The number of halogens is 1. The molecule has 1 aromatic carbocycles. The van der Waals surface area contributed by atoms with Gasteiger partial charge in [-0.3, -0.25) is 0 Å². The Morgan fingerprint density at radius 2 is 2.11 bits per heavy atom. The molecule has 0 aliphatic carbocycles. The Labute approximate surface area is 121 Å². The molecule has 0 aliphatic heterocycles. The van der Waals surface area contributed by atoms with Crippen LogP contribution in [0.2, 0.25) is 0 Å². The summed E-state index contributed by atoms with van der Waals surface area (Å²) < 4.78 is 6.81. The molecule has 0 aliphatic rings. The minimum absolute atomic E-state index is 0.124. The summed E-state index contributed by atoms with van der Waals surface area (Å²) >= 11 is 3.47. The lowest BCUT2D eigenvalue weighted by molar-refractivity contribution is 0.402. The van der Waals surface area contributed by atoms with E-state index in [0.29, 0.717) is 11.8 Å². The summed E-state index contributed by atoms with van der Waals surface area (Å²) in [6.07, 6.45) is 0.924. The molecule has 0 fully saturated rings. The molecule has 0 saturated carbocycles. The van der Waals surface area contributed by atoms with Crippen LogP contribution in [0.25, 0.3) is 11.5 Å². The quantitative estimate of drug-likeness (QED) is 0.907. The van der Waals surface area contributed by atoms with Crippen molar-refractivity contribution in [3.05, 3.63) is 34.1 Å². The molecule has 102 valence electrons. The van der Waals surface area contributed by atoms with E-state index in [4.69, 9.17) is 4.42 Å². The molecule has 5 heteroatoms. The van der Waals surface area contributed by atoms with Gasteiger partial charge in [0, 0.05) is 10.0 Å². The molecular formula is C14H18BrN3O. The molecule has 1 N–H and O–H groups in total. The topological polar surface area (TPSA) is 51.0 Å². The summed E-state index contributed by atoms with van der Waals surface area (Å²) in [5.41, 5.74) is 2.09. The average molecular weight is 324 g/mol. The van der Waals surface area contributed by atoms with Crippen molar-refractivity contribution in [2.24, 2.45) is 0 Å². The van der Waals surface area contributed by atoms with Crippen LogP contribution < -0.4 is 5.32 Å². The van der Waals surface area contributed by atoms with Crippen molar-refractivity contribution in [3.8, 4) is 11.5 Å². The lowest BCUT2D eigenvalue weighted by Gasteiger charge is -2.10. The van der Waals surface area contributed by atoms with Crippen LogP contribution in [0.15, 0.2) is 27.1 Å². The van der Waals surface area contributed by atoms with E-state index < -0.39 is 0 Å². The molecule has 0 bridgehead atoms. The zero-order valence-electron chi connectivity index (χ0n) is 11.4. The van der Waals surface area contributed by atoms with Crippen molar-refractivity contribution in [1.82, 2.24) is 15.5 Å². The number of hydrogen-bond donors (Lipinski definition) is 1. The molecule has 0 saturated heterocycles. The highest BCUT2D eigenvalue weighted by Gasteiger charge is 2.17. The number of hydrogen-bond acceptors (Lipinski definition) is 4. The molecule has 0 spiro atoms. The van der Waals surface area contributed by atoms with Crippen LogP contribution in [0, 0.1) is 6.92 Å². The fraction of sp³-hybridized carbons (Fsp3) is 0.429. The number of rotatable bonds is 5. The lowest BCUT2D eigenvalue weighted by atomic mass is 10.1. The van der Waals surface area contributed by atoms with Gasteiger partial charge in [0.1, 0.15) is 0 Å². The van der Waals surface area contributed by atoms with Crippen LogP contribution in [0.5, 0.6) is 0 Å². The second-order valence-corrected chi connectivity index (χ2v) is 5.34. The maximum absolute atomic E-state index is 5.81. The summed E-state index contributed by atoms with van der Waals surface area (Å²) in [5, 5.41) is 11.7. The van der Waals surface area contributed by atoms with E-state index in [0.717, 1.165) is 28.6 Å². The maximum Gasteiger partial charge on any atom is 0.248 e. The van der Waals surface area contributed by atoms with Gasteiger partial charge in [-0.05, 0) is 37.6 Å². The first-order valence-corrected chi connectivity index (χ1v) is 7.28. The zero-order valence-corrected chi connectivity index (χ0v) is 13.0. The molecule has 1 aromatic heterocycles. The van der Waals surface area contributed by atoms with E-state index in [1.54, 1.807) is 0 Å². The summed E-state index contributed by atoms with van der Waals surface area (Å²) in [7, 11) is 0. The highest BCUT2D eigenvalue weighted by molar-refractivity contribution is 9.10. The van der Waals surface area contributed by atoms with Gasteiger partial charge in [-0.1, -0.05) is 35.8 Å². The summed E-state index contributed by atoms with van der Waals surface area (Å²) in [4.78, 5) is 0. The Kier molecular flexibility index (Phi) is 4.71. The van der Waals surface area contributed by atoms with Gasteiger partial charge in [-0.15, -0.1) is 10.2 Å². The smallest absolute Gasteiger partial charge is 0.248 e. The standard InChI is InChI=1S/C14H18BrN3O/c1-4-12(16-5-2)14-18-17-13(19-14)11-8-10(15)7-6-9(11)3/h6-8,12,16H,4-5H2,1-3H3. The van der Waals surface area contributed by atoms with Crippen molar-refractivity contribution in [1.29, 1.82) is 0 Å². The molecule has 1 atom stereocenters. The summed E-state index contributed by atoms with van der Waals surface area (Å²) in [5.74, 6) is 1.23. The predicted molar refractivity (Wildman–Crippen MR) is 78.9 cm³/mol. The zero-order chi connectivity index (χ0) is 13.8. The van der Waals surface area contributed by atoms with Crippen molar-refractivity contribution >= 4 is 15.9 Å². The van der Waals surface area contributed by atoms with Crippen LogP contribution in [0.1, 0.15) is 37.8 Å². The second kappa shape index (κ2) is 6.30. The Bertz CT molecular complexity index is 553. The van der Waals surface area contributed by atoms with E-state index >= 15 is 0 Å². The maximum atomic E-state index is 5.81. The van der Waals surface area contributed by atoms with Gasteiger partial charge in [0.2, 0.25) is 11.8 Å². The number of benzene rings is 1. The first-order valence-electron chi connectivity index (χ1n) is 6.49. The molecule has 0 amide bonds. The minimum atomic E-state index is 0.124. The van der Waals surface area contributed by atoms with Crippen molar-refractivity contribution < 1.29 is 4.42 Å². The number of aryl methyl sites for hydroxylation is 1. The van der Waals surface area contributed by atoms with Gasteiger partial charge in [0.25, 0.3) is 0 Å². The SMILES string of the molecule is CCNC(CC)c1nnc(-c2cc(Br)ccc2C)o1. The third kappa shape index (κ3) is 3.22. The Morgan fingerprint density at radius 1 is 1.32 bits per heavy atom. The van der Waals surface area contributed by atoms with E-state index in [9.17, 15) is 0 Å². The normalized spacial score (nSPS) is 12.6. The van der Waals surface area contributed by atoms with Gasteiger partial charge in [0.15, 0.2) is 0 Å². The van der Waals surface area contributed by atoms with Crippen LogP contribution in [-0.4, -0.2) is 16.7 Å². The number of aromatic nitrogens is 2. The molecule has 2 rings (SSSR count). The molecule has 1 unspecified atom stereocenters. The average Bonchev–Trinajstić information content (AvgIpc) is 2.88. The fourth-order valence-corrected chi connectivity index (χ4v) is 2.32. The summed E-state index contributed by atoms with van der Waals surface area (Å²) in [6.45, 7) is 7.08. The molecule has 0 radical (unpaired) electrons. The van der Waals surface area contributed by atoms with Crippen LogP contribution >= 0.6 is 15.9 Å². The van der Waals surface area contributed by atoms with Crippen LogP contribution in [0.4, 0.5) is 0 Å². The number of nitrogens with zero attached hydrogens (tertiary/aromatic N) is 2. The van der Waals surface area contributed by atoms with E-state index in [1.807, 2.05) is 25.1 Å². The first kappa shape index (κ1) is 14.2. The Balaban J connectivity index is 2.32. The number of nitrogens with one attached hydrogen (secondary N) is 1. The highest BCUT2D eigenvalue weighted by Crippen LogP contribution is 2.27. The first-order chi connectivity index (χ1) is 9.15. The second-order valence-electron chi connectivity index (χ2n) is 4.42. The Hall–Kier alpha value is -1.20. The van der Waals surface area contributed by atoms with Gasteiger partial charge in [0.05, 0.1) is 6.04 Å². The minimum Gasteiger partial charge on any atom is -0.419 e. The van der Waals surface area contributed by atoms with E-state index in [2.05, 4.69) is 45.3 Å². The summed E-state index contributed by atoms with van der Waals surface area (Å²) in [6, 6.07) is 6.16. The van der Waals surface area contributed by atoms with Gasteiger partial charge in [-0.25, -0.2) is 0 Å². The molecule has 4 nitrogen and oxygen atoms in total. The molecule has 1 heterocycles. The molecule has 19 heavy (non-hydrogen) atoms.